The van der Waals surface area contributed by atoms with Crippen LogP contribution >= 0.6 is 31.9 Å². The monoisotopic (exact) mass is 702 g/mol. The fourth-order valence-electron chi connectivity index (χ4n) is 5.51. The highest BCUT2D eigenvalue weighted by atomic mass is 79.9. The van der Waals surface area contributed by atoms with Crippen LogP contribution in [-0.4, -0.2) is 24.2 Å². The molecular weight excluding hydrogens is 664 g/mol. The molecule has 43 heavy (non-hydrogen) atoms. The van der Waals surface area contributed by atoms with Crippen LogP contribution in [0.25, 0.3) is 22.5 Å². The van der Waals surface area contributed by atoms with Crippen molar-refractivity contribution in [1.29, 1.82) is 0 Å². The van der Waals surface area contributed by atoms with Gasteiger partial charge in [-0.2, -0.15) is 0 Å². The second-order valence-electron chi connectivity index (χ2n) is 13.1. The second kappa shape index (κ2) is 12.0. The van der Waals surface area contributed by atoms with Gasteiger partial charge in [-0.05, 0) is 108 Å². The molecule has 0 amide bonds. The molecular formula is C37H40Br2N2O2. The van der Waals surface area contributed by atoms with Crippen LogP contribution in [0.2, 0.25) is 0 Å². The van der Waals surface area contributed by atoms with Crippen molar-refractivity contribution >= 4 is 31.9 Å². The summed E-state index contributed by atoms with van der Waals surface area (Å²) in [6.07, 6.45) is 0. The zero-order valence-corrected chi connectivity index (χ0v) is 29.3. The zero-order valence-electron chi connectivity index (χ0n) is 26.2. The maximum absolute atomic E-state index is 5.87. The molecule has 4 nitrogen and oxygen atoms in total. The third-order valence-corrected chi connectivity index (χ3v) is 9.16. The molecule has 5 aromatic rings. The first kappa shape index (κ1) is 31.2. The number of rotatable bonds is 7. The van der Waals surface area contributed by atoms with E-state index in [9.17, 15) is 0 Å². The van der Waals surface area contributed by atoms with E-state index in [2.05, 4.69) is 162 Å². The fraction of sp³-hybridized carbons (Fsp3) is 0.297. The van der Waals surface area contributed by atoms with E-state index < -0.39 is 0 Å². The maximum Gasteiger partial charge on any atom is 0.142 e. The van der Waals surface area contributed by atoms with Gasteiger partial charge in [0.1, 0.15) is 11.5 Å². The van der Waals surface area contributed by atoms with Crippen molar-refractivity contribution < 1.29 is 9.47 Å². The van der Waals surface area contributed by atoms with E-state index in [1.807, 2.05) is 0 Å². The number of nitrogens with one attached hydrogen (secondary N) is 2. The molecule has 2 N–H and O–H groups in total. The van der Waals surface area contributed by atoms with E-state index in [1.165, 1.54) is 16.7 Å². The summed E-state index contributed by atoms with van der Waals surface area (Å²) in [4.78, 5) is 7.53. The first-order valence-corrected chi connectivity index (χ1v) is 16.1. The van der Waals surface area contributed by atoms with Crippen molar-refractivity contribution in [2.24, 2.45) is 0 Å². The Kier molecular flexibility index (Phi) is 8.75. The highest BCUT2D eigenvalue weighted by molar-refractivity contribution is 9.11. The van der Waals surface area contributed by atoms with Gasteiger partial charge in [-0.25, -0.2) is 0 Å². The highest BCUT2D eigenvalue weighted by Gasteiger charge is 2.25. The average molecular weight is 705 g/mol. The van der Waals surface area contributed by atoms with Crippen molar-refractivity contribution in [2.45, 2.75) is 58.3 Å². The summed E-state index contributed by atoms with van der Waals surface area (Å²) in [6.45, 7) is 13.4. The quantitative estimate of drug-likeness (QED) is 0.177. The molecule has 0 bridgehead atoms. The minimum Gasteiger partial charge on any atom is -0.495 e. The van der Waals surface area contributed by atoms with Gasteiger partial charge in [0.15, 0.2) is 0 Å². The van der Waals surface area contributed by atoms with Crippen LogP contribution in [0, 0.1) is 0 Å². The summed E-state index contributed by atoms with van der Waals surface area (Å²) in [5, 5.41) is 0. The van der Waals surface area contributed by atoms with E-state index in [4.69, 9.17) is 9.47 Å². The Balaban J connectivity index is 1.63. The molecule has 0 aliphatic heterocycles. The van der Waals surface area contributed by atoms with Crippen molar-refractivity contribution in [3.8, 4) is 34.0 Å². The van der Waals surface area contributed by atoms with Crippen LogP contribution in [0.5, 0.6) is 11.5 Å². The van der Waals surface area contributed by atoms with Gasteiger partial charge in [-0.1, -0.05) is 71.9 Å². The molecule has 2 aromatic heterocycles. The number of aromatic nitrogens is 2. The van der Waals surface area contributed by atoms with E-state index >= 15 is 0 Å². The molecule has 0 saturated heterocycles. The van der Waals surface area contributed by atoms with Crippen molar-refractivity contribution in [2.75, 3.05) is 14.2 Å². The van der Waals surface area contributed by atoms with Crippen LogP contribution in [0.1, 0.15) is 75.5 Å². The highest BCUT2D eigenvalue weighted by Crippen LogP contribution is 2.43. The standard InChI is InChI=1S/C37H40Br2N2O2/c1-36(2,3)23-18-25(34(42-7)27(38)20-23)29-14-16-31(40-29)33(22-12-10-9-11-13-22)32-17-15-30(41-32)26-19-24(37(4,5)6)21-28(39)35(26)43-8/h9-21,33,40-41H,1-8H3. The van der Waals surface area contributed by atoms with E-state index in [-0.39, 0.29) is 16.7 Å². The molecule has 224 valence electrons. The van der Waals surface area contributed by atoms with Gasteiger partial charge in [-0.15, -0.1) is 0 Å². The first-order valence-electron chi connectivity index (χ1n) is 14.5. The summed E-state index contributed by atoms with van der Waals surface area (Å²) >= 11 is 7.52. The van der Waals surface area contributed by atoms with Gasteiger partial charge in [0.05, 0.1) is 29.1 Å². The Labute approximate surface area is 272 Å². The van der Waals surface area contributed by atoms with Crippen molar-refractivity contribution in [3.05, 3.63) is 116 Å². The van der Waals surface area contributed by atoms with Crippen LogP contribution in [0.15, 0.2) is 87.8 Å². The third-order valence-electron chi connectivity index (χ3n) is 7.98. The number of benzene rings is 3. The summed E-state index contributed by atoms with van der Waals surface area (Å²) in [5.41, 5.74) is 9.90. The average Bonchev–Trinajstić information content (AvgIpc) is 3.63. The first-order chi connectivity index (χ1) is 20.3. The van der Waals surface area contributed by atoms with E-state index in [0.29, 0.717) is 0 Å². The second-order valence-corrected chi connectivity index (χ2v) is 14.8. The van der Waals surface area contributed by atoms with Gasteiger partial charge in [0.25, 0.3) is 0 Å². The number of methoxy groups -OCH3 is 2. The molecule has 2 heterocycles. The lowest BCUT2D eigenvalue weighted by atomic mass is 9.85. The predicted molar refractivity (Wildman–Crippen MR) is 186 cm³/mol. The summed E-state index contributed by atoms with van der Waals surface area (Å²) in [7, 11) is 3.44. The maximum atomic E-state index is 5.87. The molecule has 0 aliphatic carbocycles. The fourth-order valence-corrected chi connectivity index (χ4v) is 6.76. The van der Waals surface area contributed by atoms with Gasteiger partial charge >= 0.3 is 0 Å². The predicted octanol–water partition coefficient (Wildman–Crippen LogP) is 11.0. The number of hydrogen-bond acceptors (Lipinski definition) is 2. The summed E-state index contributed by atoms with van der Waals surface area (Å²) < 4.78 is 13.6. The van der Waals surface area contributed by atoms with Crippen LogP contribution in [-0.2, 0) is 10.8 Å². The molecule has 0 radical (unpaired) electrons. The third kappa shape index (κ3) is 6.37. The lowest BCUT2D eigenvalue weighted by molar-refractivity contribution is 0.413. The van der Waals surface area contributed by atoms with Gasteiger partial charge in [0.2, 0.25) is 0 Å². The van der Waals surface area contributed by atoms with Crippen molar-refractivity contribution in [3.63, 3.8) is 0 Å². The minimum atomic E-state index is -0.0378. The minimum absolute atomic E-state index is 0.00741. The molecule has 0 unspecified atom stereocenters. The number of hydrogen-bond donors (Lipinski definition) is 2. The Bertz CT molecular complexity index is 1630. The number of H-pyrrole nitrogens is 2. The smallest absolute Gasteiger partial charge is 0.142 e. The van der Waals surface area contributed by atoms with Gasteiger partial charge in [0, 0.05) is 33.9 Å². The molecule has 6 heteroatoms. The largest absolute Gasteiger partial charge is 0.495 e. The van der Waals surface area contributed by atoms with Crippen LogP contribution < -0.4 is 9.47 Å². The molecule has 0 spiro atoms. The SMILES string of the molecule is COc1c(Br)cc(C(C)(C)C)cc1-c1ccc(C(c2ccccc2)c2ccc(-c3cc(C(C)(C)C)cc(Br)c3OC)[nH]2)[nH]1. The number of aromatic amines is 2. The Hall–Kier alpha value is -3.22. The van der Waals surface area contributed by atoms with Crippen LogP contribution in [0.3, 0.4) is 0 Å². The Morgan fingerprint density at radius 2 is 1.00 bits per heavy atom. The summed E-state index contributed by atoms with van der Waals surface area (Å²) in [5.74, 6) is 1.59. The lowest BCUT2D eigenvalue weighted by Crippen LogP contribution is -2.11. The Morgan fingerprint density at radius 3 is 1.37 bits per heavy atom. The molecule has 0 aliphatic rings. The molecule has 0 fully saturated rings. The van der Waals surface area contributed by atoms with Crippen LogP contribution in [0.4, 0.5) is 0 Å². The van der Waals surface area contributed by atoms with Gasteiger partial charge in [-0.3, -0.25) is 0 Å². The molecule has 0 atom stereocenters. The topological polar surface area (TPSA) is 50.0 Å². The molecule has 5 rings (SSSR count). The zero-order chi connectivity index (χ0) is 31.1. The Morgan fingerprint density at radius 1 is 0.581 bits per heavy atom. The van der Waals surface area contributed by atoms with E-state index in [1.54, 1.807) is 14.2 Å². The molecule has 3 aromatic carbocycles. The summed E-state index contributed by atoms with van der Waals surface area (Å²) in [6, 6.07) is 28.0. The number of ether oxygens (including phenoxy) is 2. The van der Waals surface area contributed by atoms with Crippen molar-refractivity contribution in [1.82, 2.24) is 9.97 Å². The number of halogens is 2. The van der Waals surface area contributed by atoms with Gasteiger partial charge < -0.3 is 19.4 Å². The van der Waals surface area contributed by atoms with E-state index in [0.717, 1.165) is 54.3 Å². The lowest BCUT2D eigenvalue weighted by Gasteiger charge is -2.22. The normalized spacial score (nSPS) is 12.2. The molecule has 0 saturated carbocycles.